The third kappa shape index (κ3) is 4.12. The van der Waals surface area contributed by atoms with Crippen LogP contribution in [0, 0.1) is 0 Å². The van der Waals surface area contributed by atoms with Crippen molar-refractivity contribution < 1.29 is 19.1 Å². The molecule has 1 aliphatic heterocycles. The van der Waals surface area contributed by atoms with E-state index in [4.69, 9.17) is 9.47 Å². The number of hydrogen-bond acceptors (Lipinski definition) is 5. The van der Waals surface area contributed by atoms with E-state index >= 15 is 0 Å². The van der Waals surface area contributed by atoms with E-state index < -0.39 is 17.7 Å². The first-order valence-electron chi connectivity index (χ1n) is 7.89. The van der Waals surface area contributed by atoms with Gasteiger partial charge in [0.2, 0.25) is 0 Å². The minimum absolute atomic E-state index is 0.145. The second-order valence-electron chi connectivity index (χ2n) is 6.02. The molecule has 1 saturated heterocycles. The average Bonchev–Trinajstić information content (AvgIpc) is 2.48. The molecule has 0 aliphatic carbocycles. The molecule has 5 nitrogen and oxygen atoms in total. The quantitative estimate of drug-likeness (QED) is 0.509. The van der Waals surface area contributed by atoms with Gasteiger partial charge in [0.1, 0.15) is 0 Å². The third-order valence-corrected chi connectivity index (χ3v) is 3.87. The summed E-state index contributed by atoms with van der Waals surface area (Å²) in [4.78, 5) is 23.7. The van der Waals surface area contributed by atoms with E-state index in [2.05, 4.69) is 31.3 Å². The molecule has 0 saturated carbocycles. The van der Waals surface area contributed by atoms with Crippen molar-refractivity contribution in [3.8, 4) is 0 Å². The smallest absolute Gasteiger partial charge is 0.350 e. The fourth-order valence-electron chi connectivity index (χ4n) is 2.55. The van der Waals surface area contributed by atoms with Crippen molar-refractivity contribution in [3.63, 3.8) is 0 Å². The number of ether oxygens (including phenoxy) is 2. The maximum atomic E-state index is 11.8. The van der Waals surface area contributed by atoms with Gasteiger partial charge >= 0.3 is 11.9 Å². The summed E-state index contributed by atoms with van der Waals surface area (Å²) in [6.45, 7) is 7.38. The lowest BCUT2D eigenvalue weighted by atomic mass is 9.94. The van der Waals surface area contributed by atoms with E-state index in [0.29, 0.717) is 5.92 Å². The summed E-state index contributed by atoms with van der Waals surface area (Å²) in [7, 11) is 0. The molecule has 124 valence electrons. The molecule has 0 unspecified atom stereocenters. The number of rotatable bonds is 5. The number of carbonyl (C=O) groups is 2. The van der Waals surface area contributed by atoms with Crippen LogP contribution in [0.2, 0.25) is 0 Å². The average molecular weight is 317 g/mol. The lowest BCUT2D eigenvalue weighted by Crippen LogP contribution is -2.42. The highest BCUT2D eigenvalue weighted by Gasteiger charge is 2.38. The van der Waals surface area contributed by atoms with Crippen LogP contribution in [0.25, 0.3) is 0 Å². The van der Waals surface area contributed by atoms with Crippen LogP contribution in [0.4, 0.5) is 5.69 Å². The standard InChI is InChI=1S/C18H23NO4/c1-5-12(6-2)13-7-9-14(10-8-13)19-11-15-16(20)22-18(3,4)23-17(15)21/h7-12,19H,5-6H2,1-4H3. The molecule has 0 amide bonds. The number of carbonyl (C=O) groups excluding carboxylic acids is 2. The molecule has 23 heavy (non-hydrogen) atoms. The first-order chi connectivity index (χ1) is 10.9. The topological polar surface area (TPSA) is 64.6 Å². The molecule has 0 radical (unpaired) electrons. The van der Waals surface area contributed by atoms with Crippen LogP contribution in [0.1, 0.15) is 52.0 Å². The Bertz CT molecular complexity index is 590. The van der Waals surface area contributed by atoms with Crippen LogP contribution in [0.3, 0.4) is 0 Å². The van der Waals surface area contributed by atoms with Crippen LogP contribution in [-0.2, 0) is 19.1 Å². The summed E-state index contributed by atoms with van der Waals surface area (Å²) in [6.07, 6.45) is 3.52. The molecule has 1 N–H and O–H groups in total. The second-order valence-corrected chi connectivity index (χ2v) is 6.02. The summed E-state index contributed by atoms with van der Waals surface area (Å²) in [5.74, 6) is -2.05. The monoisotopic (exact) mass is 317 g/mol. The van der Waals surface area contributed by atoms with Gasteiger partial charge in [-0.3, -0.25) is 0 Å². The molecular formula is C18H23NO4. The van der Waals surface area contributed by atoms with Gasteiger partial charge in [-0.05, 0) is 36.5 Å². The molecule has 0 aromatic heterocycles. The van der Waals surface area contributed by atoms with Crippen LogP contribution in [-0.4, -0.2) is 17.7 Å². The van der Waals surface area contributed by atoms with Gasteiger partial charge in [-0.15, -0.1) is 0 Å². The number of cyclic esters (lactones) is 2. The predicted molar refractivity (Wildman–Crippen MR) is 87.7 cm³/mol. The minimum Gasteiger partial charge on any atom is -0.419 e. The van der Waals surface area contributed by atoms with Gasteiger partial charge in [0, 0.05) is 25.7 Å². The van der Waals surface area contributed by atoms with Crippen molar-refractivity contribution >= 4 is 17.6 Å². The van der Waals surface area contributed by atoms with E-state index in [0.717, 1.165) is 18.5 Å². The molecular weight excluding hydrogens is 294 g/mol. The van der Waals surface area contributed by atoms with Crippen molar-refractivity contribution in [1.82, 2.24) is 0 Å². The Morgan fingerprint density at radius 2 is 1.57 bits per heavy atom. The Kier molecular flexibility index (Phi) is 5.08. The highest BCUT2D eigenvalue weighted by Crippen LogP contribution is 2.25. The largest absolute Gasteiger partial charge is 0.419 e. The van der Waals surface area contributed by atoms with Crippen molar-refractivity contribution in [2.75, 3.05) is 5.32 Å². The van der Waals surface area contributed by atoms with Gasteiger partial charge in [0.05, 0.1) is 0 Å². The Hall–Kier alpha value is -2.30. The van der Waals surface area contributed by atoms with Gasteiger partial charge in [0.25, 0.3) is 5.79 Å². The van der Waals surface area contributed by atoms with Crippen molar-refractivity contribution in [2.24, 2.45) is 0 Å². The molecule has 1 aromatic rings. The molecule has 0 atom stereocenters. The molecule has 5 heteroatoms. The van der Waals surface area contributed by atoms with Crippen LogP contribution < -0.4 is 5.32 Å². The van der Waals surface area contributed by atoms with Gasteiger partial charge in [-0.2, -0.15) is 0 Å². The summed E-state index contributed by atoms with van der Waals surface area (Å²) in [5, 5.41) is 2.94. The zero-order valence-corrected chi connectivity index (χ0v) is 14.0. The molecule has 1 aromatic carbocycles. The molecule has 0 spiro atoms. The number of anilines is 1. The van der Waals surface area contributed by atoms with Gasteiger partial charge in [-0.25, -0.2) is 9.59 Å². The summed E-state index contributed by atoms with van der Waals surface area (Å²) < 4.78 is 10.1. The molecule has 1 fully saturated rings. The van der Waals surface area contributed by atoms with Gasteiger partial charge < -0.3 is 14.8 Å². The molecule has 0 bridgehead atoms. The highest BCUT2D eigenvalue weighted by molar-refractivity contribution is 6.15. The lowest BCUT2D eigenvalue weighted by Gasteiger charge is -2.29. The zero-order valence-electron chi connectivity index (χ0n) is 14.0. The Morgan fingerprint density at radius 3 is 2.04 bits per heavy atom. The van der Waals surface area contributed by atoms with Crippen LogP contribution in [0.5, 0.6) is 0 Å². The van der Waals surface area contributed by atoms with Crippen LogP contribution >= 0.6 is 0 Å². The maximum absolute atomic E-state index is 11.8. The lowest BCUT2D eigenvalue weighted by molar-refractivity contribution is -0.222. The fourth-order valence-corrected chi connectivity index (χ4v) is 2.55. The Balaban J connectivity index is 2.08. The number of benzene rings is 1. The van der Waals surface area contributed by atoms with Crippen molar-refractivity contribution in [2.45, 2.75) is 52.2 Å². The zero-order chi connectivity index (χ0) is 17.0. The minimum atomic E-state index is -1.22. The predicted octanol–water partition coefficient (Wildman–Crippen LogP) is 3.72. The van der Waals surface area contributed by atoms with E-state index in [-0.39, 0.29) is 5.57 Å². The Labute approximate surface area is 136 Å². The first kappa shape index (κ1) is 17.1. The summed E-state index contributed by atoms with van der Waals surface area (Å²) >= 11 is 0. The summed E-state index contributed by atoms with van der Waals surface area (Å²) in [5.41, 5.74) is 1.93. The fraction of sp³-hybridized carbons (Fsp3) is 0.444. The van der Waals surface area contributed by atoms with Crippen molar-refractivity contribution in [1.29, 1.82) is 0 Å². The molecule has 2 rings (SSSR count). The SMILES string of the molecule is CCC(CC)c1ccc(NC=C2C(=O)OC(C)(C)OC2=O)cc1. The molecule has 1 aliphatic rings. The summed E-state index contributed by atoms with van der Waals surface area (Å²) in [6, 6.07) is 7.96. The maximum Gasteiger partial charge on any atom is 0.350 e. The number of hydrogen-bond donors (Lipinski definition) is 1. The third-order valence-electron chi connectivity index (χ3n) is 3.87. The highest BCUT2D eigenvalue weighted by atomic mass is 16.7. The van der Waals surface area contributed by atoms with Crippen LogP contribution in [0.15, 0.2) is 36.0 Å². The first-order valence-corrected chi connectivity index (χ1v) is 7.89. The van der Waals surface area contributed by atoms with Gasteiger partial charge in [-0.1, -0.05) is 26.0 Å². The normalized spacial score (nSPS) is 16.8. The van der Waals surface area contributed by atoms with E-state index in [9.17, 15) is 9.59 Å². The van der Waals surface area contributed by atoms with Crippen molar-refractivity contribution in [3.05, 3.63) is 41.6 Å². The van der Waals surface area contributed by atoms with E-state index in [1.807, 2.05) is 12.1 Å². The number of nitrogens with one attached hydrogen (secondary N) is 1. The molecule has 1 heterocycles. The van der Waals surface area contributed by atoms with Gasteiger partial charge in [0.15, 0.2) is 5.57 Å². The second kappa shape index (κ2) is 6.86. The Morgan fingerprint density at radius 1 is 1.04 bits per heavy atom. The van der Waals surface area contributed by atoms with E-state index in [1.54, 1.807) is 0 Å². The number of esters is 2. The van der Waals surface area contributed by atoms with E-state index in [1.165, 1.54) is 25.6 Å².